The zero-order valence-electron chi connectivity index (χ0n) is 33.6. The molecular formula is C40H87NO4. The number of amides is 1. The second-order valence-electron chi connectivity index (χ2n) is 11.3. The second kappa shape index (κ2) is 61.5. The van der Waals surface area contributed by atoms with Crippen molar-refractivity contribution < 1.29 is 19.2 Å². The molecule has 1 atom stereocenters. The molecule has 0 saturated carbocycles. The fourth-order valence-corrected chi connectivity index (χ4v) is 3.21. The Bertz CT molecular complexity index is 532. The van der Waals surface area contributed by atoms with E-state index >= 15 is 0 Å². The average molecular weight is 646 g/mol. The topological polar surface area (TPSA) is 94.3 Å². The van der Waals surface area contributed by atoms with Crippen LogP contribution in [0.1, 0.15) is 232 Å². The Kier molecular flexibility index (Phi) is 80.5. The molecule has 5 nitrogen and oxygen atoms in total. The van der Waals surface area contributed by atoms with Crippen molar-refractivity contribution in [1.82, 2.24) is 0 Å². The molecule has 0 rings (SSSR count). The zero-order valence-corrected chi connectivity index (χ0v) is 33.6. The molecule has 0 saturated heterocycles. The van der Waals surface area contributed by atoms with E-state index < -0.39 is 0 Å². The number of nitrogens with two attached hydrogens (primary N) is 1. The molecule has 0 heterocycles. The van der Waals surface area contributed by atoms with Gasteiger partial charge in [-0.2, -0.15) is 0 Å². The molecule has 0 aliphatic rings. The Morgan fingerprint density at radius 1 is 0.467 bits per heavy atom. The highest BCUT2D eigenvalue weighted by Crippen LogP contribution is 2.14. The van der Waals surface area contributed by atoms with Gasteiger partial charge in [0.25, 0.3) is 0 Å². The highest BCUT2D eigenvalue weighted by molar-refractivity contribution is 5.76. The number of unbranched alkanes of at least 4 members (excludes halogenated alkanes) is 14. The van der Waals surface area contributed by atoms with E-state index in [9.17, 15) is 19.2 Å². The van der Waals surface area contributed by atoms with Crippen LogP contribution < -0.4 is 5.73 Å². The van der Waals surface area contributed by atoms with Gasteiger partial charge in [-0.1, -0.05) is 179 Å². The Balaban J connectivity index is -0.0000000977. The highest BCUT2D eigenvalue weighted by Gasteiger charge is 2.07. The first-order chi connectivity index (χ1) is 21.4. The lowest BCUT2D eigenvalue weighted by molar-refractivity contribution is -0.121. The van der Waals surface area contributed by atoms with Crippen molar-refractivity contribution in [2.45, 2.75) is 232 Å². The highest BCUT2D eigenvalue weighted by atomic mass is 16.1. The number of carbonyl (C=O) groups excluding carboxylic acids is 4. The van der Waals surface area contributed by atoms with Gasteiger partial charge in [0.15, 0.2) is 0 Å². The maximum Gasteiger partial charge on any atom is 0.220 e. The van der Waals surface area contributed by atoms with Crippen LogP contribution in [0.3, 0.4) is 0 Å². The van der Waals surface area contributed by atoms with Crippen molar-refractivity contribution in [2.24, 2.45) is 11.7 Å². The maximum absolute atomic E-state index is 10.9. The number of hydrogen-bond acceptors (Lipinski definition) is 4. The molecule has 0 fully saturated rings. The molecule has 45 heavy (non-hydrogen) atoms. The molecule has 1 amide bonds. The van der Waals surface area contributed by atoms with Gasteiger partial charge in [0.1, 0.15) is 17.3 Å². The van der Waals surface area contributed by atoms with Crippen molar-refractivity contribution in [3.05, 3.63) is 0 Å². The molecule has 0 aromatic carbocycles. The van der Waals surface area contributed by atoms with E-state index in [2.05, 4.69) is 27.7 Å². The number of hydrogen-bond donors (Lipinski definition) is 1. The van der Waals surface area contributed by atoms with E-state index in [1.54, 1.807) is 20.8 Å². The van der Waals surface area contributed by atoms with Gasteiger partial charge in [-0.05, 0) is 33.6 Å². The molecule has 0 aromatic heterocycles. The average Bonchev–Trinajstić information content (AvgIpc) is 3.03. The molecule has 0 bridgehead atoms. The van der Waals surface area contributed by atoms with Crippen LogP contribution in [0.4, 0.5) is 0 Å². The molecule has 1 unspecified atom stereocenters. The number of primary amides is 1. The van der Waals surface area contributed by atoms with Crippen LogP contribution in [0.25, 0.3) is 0 Å². The van der Waals surface area contributed by atoms with Crippen LogP contribution in [0.15, 0.2) is 0 Å². The van der Waals surface area contributed by atoms with E-state index in [1.165, 1.54) is 89.9 Å². The lowest BCUT2D eigenvalue weighted by Gasteiger charge is -2.06. The molecular weight excluding hydrogens is 558 g/mol. The van der Waals surface area contributed by atoms with Crippen LogP contribution in [0.2, 0.25) is 0 Å². The second-order valence-corrected chi connectivity index (χ2v) is 11.3. The summed E-state index contributed by atoms with van der Waals surface area (Å²) >= 11 is 0. The first-order valence-corrected chi connectivity index (χ1v) is 19.2. The summed E-state index contributed by atoms with van der Waals surface area (Å²) in [6.07, 6.45) is 25.8. The summed E-state index contributed by atoms with van der Waals surface area (Å²) in [5.41, 5.74) is 5.25. The van der Waals surface area contributed by atoms with Crippen LogP contribution >= 0.6 is 0 Å². The lowest BCUT2D eigenvalue weighted by atomic mass is 10.0. The third-order valence-corrected chi connectivity index (χ3v) is 6.35. The Morgan fingerprint density at radius 3 is 0.889 bits per heavy atom. The summed E-state index contributed by atoms with van der Waals surface area (Å²) in [7, 11) is 0. The SMILES string of the molecule is CC.CC.CCC.CCC(C)=O.CCC(C)=O.CCCCC(C)=O.CCCCCCCCCCCCCCCCC(C)C(N)=O. The summed E-state index contributed by atoms with van der Waals surface area (Å²) in [5, 5.41) is 0. The molecule has 0 aliphatic carbocycles. The Labute approximate surface area is 285 Å². The first kappa shape index (κ1) is 59.0. The largest absolute Gasteiger partial charge is 0.369 e. The summed E-state index contributed by atoms with van der Waals surface area (Å²) in [6.45, 7) is 27.0. The fraction of sp³-hybridized carbons (Fsp3) is 0.900. The zero-order chi connectivity index (χ0) is 36.7. The normalized spacial score (nSPS) is 9.56. The third kappa shape index (κ3) is 99.3. The van der Waals surface area contributed by atoms with Gasteiger partial charge >= 0.3 is 0 Å². The van der Waals surface area contributed by atoms with Crippen molar-refractivity contribution in [3.63, 3.8) is 0 Å². The smallest absolute Gasteiger partial charge is 0.220 e. The van der Waals surface area contributed by atoms with Gasteiger partial charge in [-0.3, -0.25) is 4.79 Å². The molecule has 0 aromatic rings. The van der Waals surface area contributed by atoms with Gasteiger partial charge in [0.2, 0.25) is 5.91 Å². The van der Waals surface area contributed by atoms with Crippen LogP contribution in [0, 0.1) is 5.92 Å². The maximum atomic E-state index is 10.9. The van der Waals surface area contributed by atoms with E-state index in [1.807, 2.05) is 48.5 Å². The number of ketones is 3. The molecule has 276 valence electrons. The fourth-order valence-electron chi connectivity index (χ4n) is 3.21. The van der Waals surface area contributed by atoms with Crippen LogP contribution in [0.5, 0.6) is 0 Å². The number of carbonyl (C=O) groups is 4. The number of rotatable bonds is 21. The van der Waals surface area contributed by atoms with Gasteiger partial charge in [0.05, 0.1) is 0 Å². The summed E-state index contributed by atoms with van der Waals surface area (Å²) in [6, 6.07) is 0. The molecule has 0 aliphatic heterocycles. The van der Waals surface area contributed by atoms with Gasteiger partial charge in [-0.15, -0.1) is 0 Å². The minimum absolute atomic E-state index is 0.0577. The molecule has 5 heteroatoms. The summed E-state index contributed by atoms with van der Waals surface area (Å²) in [5.74, 6) is 0.726. The predicted octanol–water partition coefficient (Wildman–Crippen LogP) is 13.2. The van der Waals surface area contributed by atoms with Gasteiger partial charge in [0, 0.05) is 25.2 Å². The standard InChI is InChI=1S/C19H39NO.C6H12O.2C4H8O.C3H8.2C2H6/c1-3-4-5-6-7-8-9-10-11-12-13-14-15-16-17-18(2)19(20)21;1-3-4-5-6(2)7;2*1-3-4(2)5;1-3-2;2*1-2/h18H,3-17H2,1-2H3,(H2,20,21);3-5H2,1-2H3;2*3H2,1-2H3;3H2,1-2H3;2*1-2H3. The van der Waals surface area contributed by atoms with E-state index in [0.29, 0.717) is 18.6 Å². The van der Waals surface area contributed by atoms with Crippen LogP contribution in [-0.2, 0) is 19.2 Å². The number of Topliss-reactive ketones (excluding diaryl/α,β-unsaturated/α-hetero) is 3. The van der Waals surface area contributed by atoms with E-state index in [-0.39, 0.29) is 23.4 Å². The van der Waals surface area contributed by atoms with Gasteiger partial charge in [-0.25, -0.2) is 0 Å². The van der Waals surface area contributed by atoms with Gasteiger partial charge < -0.3 is 20.1 Å². The molecule has 0 radical (unpaired) electrons. The van der Waals surface area contributed by atoms with Crippen LogP contribution in [-0.4, -0.2) is 23.3 Å². The summed E-state index contributed by atoms with van der Waals surface area (Å²) in [4.78, 5) is 40.7. The minimum Gasteiger partial charge on any atom is -0.369 e. The Hall–Kier alpha value is -1.52. The lowest BCUT2D eigenvalue weighted by Crippen LogP contribution is -2.20. The summed E-state index contributed by atoms with van der Waals surface area (Å²) < 4.78 is 0. The van der Waals surface area contributed by atoms with Crippen molar-refractivity contribution in [2.75, 3.05) is 0 Å². The first-order valence-electron chi connectivity index (χ1n) is 19.2. The quantitative estimate of drug-likeness (QED) is 0.126. The van der Waals surface area contributed by atoms with E-state index in [0.717, 1.165) is 32.1 Å². The third-order valence-electron chi connectivity index (χ3n) is 6.35. The van der Waals surface area contributed by atoms with Crippen molar-refractivity contribution in [1.29, 1.82) is 0 Å². The molecule has 2 N–H and O–H groups in total. The van der Waals surface area contributed by atoms with Crippen molar-refractivity contribution in [3.8, 4) is 0 Å². The van der Waals surface area contributed by atoms with E-state index in [4.69, 9.17) is 5.73 Å². The minimum atomic E-state index is -0.148. The Morgan fingerprint density at radius 2 is 0.711 bits per heavy atom. The van der Waals surface area contributed by atoms with Crippen molar-refractivity contribution >= 4 is 23.3 Å². The predicted molar refractivity (Wildman–Crippen MR) is 204 cm³/mol. The molecule has 0 spiro atoms. The monoisotopic (exact) mass is 646 g/mol.